The van der Waals surface area contributed by atoms with E-state index >= 15 is 0 Å². The molecule has 0 amide bonds. The van der Waals surface area contributed by atoms with Crippen LogP contribution in [0.25, 0.3) is 0 Å². The Morgan fingerprint density at radius 1 is 1.03 bits per heavy atom. The Bertz CT molecular complexity index is 508. The van der Waals surface area contributed by atoms with E-state index in [1.54, 1.807) is 12.2 Å². The van der Waals surface area contributed by atoms with E-state index in [1.807, 2.05) is 30.3 Å². The first-order valence-electron chi connectivity index (χ1n) is 8.71. The van der Waals surface area contributed by atoms with E-state index in [1.165, 1.54) is 6.38 Å². The van der Waals surface area contributed by atoms with Gasteiger partial charge in [-0.25, -0.2) is 5.90 Å². The molecular formula is C22H35BrClMgNO5. The number of ketones is 1. The number of rotatable bonds is 11. The van der Waals surface area contributed by atoms with Crippen LogP contribution in [-0.2, 0) is 20.9 Å². The van der Waals surface area contributed by atoms with Crippen molar-refractivity contribution in [2.24, 2.45) is 5.90 Å². The van der Waals surface area contributed by atoms with Crippen LogP contribution < -0.4 is 22.9 Å². The smallest absolute Gasteiger partial charge is 1.00 e. The third-order valence-corrected chi connectivity index (χ3v) is 2.83. The Morgan fingerprint density at radius 3 is 1.87 bits per heavy atom. The van der Waals surface area contributed by atoms with Gasteiger partial charge in [0.05, 0.1) is 13.2 Å². The molecule has 0 aliphatic carbocycles. The fourth-order valence-corrected chi connectivity index (χ4v) is 1.56. The molecule has 0 unspecified atom stereocenters. The third-order valence-electron chi connectivity index (χ3n) is 2.83. The molecule has 0 heterocycles. The number of carbonyl (C=O) groups is 2. The van der Waals surface area contributed by atoms with Gasteiger partial charge in [0, 0.05) is 25.6 Å². The molecule has 1 rings (SSSR count). The van der Waals surface area contributed by atoms with Gasteiger partial charge < -0.3 is 38.6 Å². The van der Waals surface area contributed by atoms with Gasteiger partial charge >= 0.3 is 29.0 Å². The number of Topliss-reactive ketones (excluding diaryl/α,β-unsaturated/α-hetero) is 1. The summed E-state index contributed by atoms with van der Waals surface area (Å²) in [5.41, 5.74) is 1.14. The quantitative estimate of drug-likeness (QED) is 0.0996. The summed E-state index contributed by atoms with van der Waals surface area (Å²) in [5.74, 6) is 2.98. The van der Waals surface area contributed by atoms with Crippen molar-refractivity contribution >= 4 is 46.4 Å². The Kier molecular flexibility index (Phi) is 60.7. The number of aliphatic carboxylic acids is 1. The van der Waals surface area contributed by atoms with Crippen LogP contribution in [0, 0.1) is 6.58 Å². The van der Waals surface area contributed by atoms with Crippen LogP contribution in [0.4, 0.5) is 0 Å². The molecule has 6 nitrogen and oxygen atoms in total. The molecule has 174 valence electrons. The summed E-state index contributed by atoms with van der Waals surface area (Å²) < 4.78 is 5.42. The minimum Gasteiger partial charge on any atom is -1.00 e. The van der Waals surface area contributed by atoms with Crippen LogP contribution in [0.15, 0.2) is 62.2 Å². The topological polar surface area (TPSA) is 110 Å². The van der Waals surface area contributed by atoms with Gasteiger partial charge in [0.25, 0.3) is 0 Å². The molecule has 4 N–H and O–H groups in total. The van der Waals surface area contributed by atoms with Crippen molar-refractivity contribution in [3.63, 3.8) is 0 Å². The second-order valence-electron chi connectivity index (χ2n) is 4.88. The number of hydrogen-bond donors (Lipinski definition) is 3. The van der Waals surface area contributed by atoms with Gasteiger partial charge in [-0.1, -0.05) is 42.5 Å². The Morgan fingerprint density at radius 2 is 1.48 bits per heavy atom. The van der Waals surface area contributed by atoms with Crippen molar-refractivity contribution in [2.75, 3.05) is 13.0 Å². The Balaban J connectivity index is -0.0000000888. The Labute approximate surface area is 219 Å². The minimum atomic E-state index is -0.764. The number of carboxylic acid groups (broad SMARTS) is 1. The van der Waals surface area contributed by atoms with Crippen LogP contribution in [0.2, 0.25) is 0 Å². The first-order chi connectivity index (χ1) is 14.1. The van der Waals surface area contributed by atoms with Crippen molar-refractivity contribution in [1.82, 2.24) is 0 Å². The van der Waals surface area contributed by atoms with E-state index in [2.05, 4.69) is 43.8 Å². The molecular weight excluding hydrogens is 498 g/mol. The average molecular weight is 533 g/mol. The van der Waals surface area contributed by atoms with Crippen LogP contribution in [0.3, 0.4) is 0 Å². The van der Waals surface area contributed by atoms with Crippen molar-refractivity contribution in [2.45, 2.75) is 38.7 Å². The van der Waals surface area contributed by atoms with Crippen LogP contribution in [-0.4, -0.2) is 58.1 Å². The second-order valence-corrected chi connectivity index (χ2v) is 4.88. The third kappa shape index (κ3) is 43.7. The van der Waals surface area contributed by atoms with E-state index in [0.717, 1.165) is 12.0 Å². The predicted octanol–water partition coefficient (Wildman–Crippen LogP) is 1.58. The summed E-state index contributed by atoms with van der Waals surface area (Å²) in [6.07, 6.45) is 7.44. The van der Waals surface area contributed by atoms with Gasteiger partial charge in [-0.05, 0) is 18.4 Å². The van der Waals surface area contributed by atoms with E-state index < -0.39 is 5.97 Å². The summed E-state index contributed by atoms with van der Waals surface area (Å²) >= 11 is 4.64. The van der Waals surface area contributed by atoms with E-state index in [4.69, 9.17) is 15.1 Å². The maximum Gasteiger partial charge on any atom is 2.00 e. The number of hydrogen-bond acceptors (Lipinski definition) is 5. The van der Waals surface area contributed by atoms with Crippen LogP contribution >= 0.6 is 11.6 Å². The van der Waals surface area contributed by atoms with Crippen molar-refractivity contribution < 1.29 is 41.6 Å². The number of allylic oxidation sites excluding steroid dienone is 2. The largest absolute Gasteiger partial charge is 2.00 e. The summed E-state index contributed by atoms with van der Waals surface area (Å²) in [5, 5.41) is 14.5. The minimum absolute atomic E-state index is 0. The fraction of sp³-hybridized carbons (Fsp3) is 0.364. The Hall–Kier alpha value is -1.00. The fourth-order valence-electron chi connectivity index (χ4n) is 1.56. The predicted molar refractivity (Wildman–Crippen MR) is 126 cm³/mol. The molecule has 31 heavy (non-hydrogen) atoms. The molecule has 0 spiro atoms. The van der Waals surface area contributed by atoms with Crippen molar-refractivity contribution in [3.8, 4) is 0 Å². The number of benzene rings is 1. The molecule has 1 aromatic carbocycles. The van der Waals surface area contributed by atoms with Crippen LogP contribution in [0.1, 0.15) is 37.7 Å². The molecule has 0 radical (unpaired) electrons. The number of halogens is 2. The number of nitrogens with two attached hydrogens (primary N) is 1. The molecule has 0 aliphatic heterocycles. The number of ether oxygens (including phenoxy) is 1. The van der Waals surface area contributed by atoms with Gasteiger partial charge in [-0.2, -0.15) is 0 Å². The van der Waals surface area contributed by atoms with E-state index in [9.17, 15) is 9.59 Å². The number of carbonyl (C=O) groups excluding carboxylic acids is 1. The maximum absolute atomic E-state index is 11.3. The average Bonchev–Trinajstić information content (AvgIpc) is 2.79. The summed E-state index contributed by atoms with van der Waals surface area (Å²) in [4.78, 5) is 21.0. The second kappa shape index (κ2) is 43.0. The van der Waals surface area contributed by atoms with E-state index in [-0.39, 0.29) is 52.2 Å². The molecule has 0 saturated carbocycles. The van der Waals surface area contributed by atoms with Gasteiger partial charge in [0.2, 0.25) is 0 Å². The van der Waals surface area contributed by atoms with Gasteiger partial charge in [0.1, 0.15) is 5.78 Å². The van der Waals surface area contributed by atoms with Gasteiger partial charge in [0.15, 0.2) is 0 Å². The molecule has 0 bridgehead atoms. The summed E-state index contributed by atoms with van der Waals surface area (Å²) in [6.45, 7) is 15.0. The monoisotopic (exact) mass is 531 g/mol. The zero-order valence-electron chi connectivity index (χ0n) is 18.3. The molecule has 0 aromatic heterocycles. The standard InChI is InChI=1S/C14H18O2.C5H8O2.C2H3.CH3Cl.BrH.Mg.H3NO/c1-2-3-9-14(15)10-11-16-12-13-7-5-4-6-8-13;1-2-3-4-5(6)7;2*1-2;;;1-2/h2,4-8H,1,3,9-12H2;2H,1,3-4H2,(H,6,7);1H,2H2;1H3;1H;;2H,1H2/q;;-1;;;+2;/p-1. The van der Waals surface area contributed by atoms with Crippen molar-refractivity contribution in [1.29, 1.82) is 0 Å². The summed E-state index contributed by atoms with van der Waals surface area (Å²) in [7, 11) is 0. The SMILES string of the molecule is C=CCCC(=O)CCOCc1ccccc1.C=CCCC(=O)O.CCl.NO.[Br-].[CH-]=C.[Mg+2]. The van der Waals surface area contributed by atoms with E-state index in [0.29, 0.717) is 32.5 Å². The molecule has 0 aliphatic rings. The number of alkyl halides is 1. The zero-order chi connectivity index (χ0) is 23.3. The first-order valence-corrected chi connectivity index (χ1v) is 9.47. The zero-order valence-corrected chi connectivity index (χ0v) is 22.1. The maximum atomic E-state index is 11.3. The molecule has 0 fully saturated rings. The normalized spacial score (nSPS) is 7.48. The van der Waals surface area contributed by atoms with Crippen molar-refractivity contribution in [3.05, 3.63) is 74.4 Å². The van der Waals surface area contributed by atoms with Crippen LogP contribution in [0.5, 0.6) is 0 Å². The molecule has 0 atom stereocenters. The van der Waals surface area contributed by atoms with Gasteiger partial charge in [-0.3, -0.25) is 16.2 Å². The molecule has 9 heteroatoms. The first kappa shape index (κ1) is 43.8. The summed E-state index contributed by atoms with van der Waals surface area (Å²) in [6, 6.07) is 9.96. The van der Waals surface area contributed by atoms with Gasteiger partial charge in [-0.15, -0.1) is 24.8 Å². The molecule has 0 saturated heterocycles. The molecule has 1 aromatic rings. The number of carboxylic acids is 1.